The molecule has 0 spiro atoms. The molecule has 132 valence electrons. The number of hydrogen-bond donors (Lipinski definition) is 8. The minimum absolute atomic E-state index is 0.275. The number of rotatable bonds is 4. The second kappa shape index (κ2) is 10.5. The predicted octanol–water partition coefficient (Wildman–Crippen LogP) is -3.81. The molecule has 8 nitrogen and oxygen atoms in total. The number of nitrogens with two attached hydrogens (primary N) is 2. The Kier molecular flexibility index (Phi) is 9.37. The standard InChI is InChI=1S/C14H36N8/c1-17-7-13(15)9-19-3-5-21-11-14(16,8-18-2)12-22-6-4-20-10-13/h17-22H,3-12,15-16H2,1-2H3/t13-,14+. The Labute approximate surface area is 134 Å². The van der Waals surface area contributed by atoms with E-state index in [4.69, 9.17) is 11.5 Å². The fourth-order valence-electron chi connectivity index (χ4n) is 2.78. The first kappa shape index (κ1) is 19.7. The van der Waals surface area contributed by atoms with Gasteiger partial charge in [0.05, 0.1) is 11.1 Å². The SMILES string of the molecule is CNC[C@]1(N)CNCCNC[C@](N)(CNC)CNCCNC1. The number of hydrogen-bond acceptors (Lipinski definition) is 8. The molecule has 0 aromatic carbocycles. The van der Waals surface area contributed by atoms with Gasteiger partial charge in [-0.1, -0.05) is 0 Å². The molecule has 1 saturated heterocycles. The van der Waals surface area contributed by atoms with Crippen LogP contribution in [0.5, 0.6) is 0 Å². The Hall–Kier alpha value is -0.320. The van der Waals surface area contributed by atoms with E-state index >= 15 is 0 Å². The van der Waals surface area contributed by atoms with Gasteiger partial charge in [0.2, 0.25) is 0 Å². The molecule has 1 aliphatic rings. The van der Waals surface area contributed by atoms with Gasteiger partial charge in [-0.15, -0.1) is 0 Å². The summed E-state index contributed by atoms with van der Waals surface area (Å²) in [6.07, 6.45) is 0. The first-order chi connectivity index (χ1) is 10.5. The monoisotopic (exact) mass is 316 g/mol. The summed E-state index contributed by atoms with van der Waals surface area (Å²) in [5, 5.41) is 20.1. The zero-order valence-corrected chi connectivity index (χ0v) is 14.2. The van der Waals surface area contributed by atoms with Gasteiger partial charge in [0.15, 0.2) is 0 Å². The molecule has 0 atom stereocenters. The minimum atomic E-state index is -0.275. The molecule has 0 amide bonds. The van der Waals surface area contributed by atoms with Gasteiger partial charge < -0.3 is 43.4 Å². The molecule has 0 unspecified atom stereocenters. The van der Waals surface area contributed by atoms with Crippen LogP contribution in [-0.4, -0.2) is 90.6 Å². The van der Waals surface area contributed by atoms with Crippen molar-refractivity contribution in [2.75, 3.05) is 79.5 Å². The highest BCUT2D eigenvalue weighted by Gasteiger charge is 2.25. The highest BCUT2D eigenvalue weighted by atomic mass is 15.1. The van der Waals surface area contributed by atoms with Gasteiger partial charge in [0.1, 0.15) is 0 Å². The third kappa shape index (κ3) is 7.80. The largest absolute Gasteiger partial charge is 0.322 e. The van der Waals surface area contributed by atoms with Crippen molar-refractivity contribution in [1.82, 2.24) is 31.9 Å². The zero-order valence-electron chi connectivity index (χ0n) is 14.2. The van der Waals surface area contributed by atoms with Crippen LogP contribution in [0.2, 0.25) is 0 Å². The Morgan fingerprint density at radius 1 is 0.682 bits per heavy atom. The summed E-state index contributed by atoms with van der Waals surface area (Å²) in [6.45, 7) is 8.19. The quantitative estimate of drug-likeness (QED) is 0.266. The van der Waals surface area contributed by atoms with Crippen LogP contribution in [0.15, 0.2) is 0 Å². The maximum absolute atomic E-state index is 6.45. The van der Waals surface area contributed by atoms with Crippen molar-refractivity contribution in [1.29, 1.82) is 0 Å². The van der Waals surface area contributed by atoms with E-state index in [1.807, 2.05) is 14.1 Å². The fraction of sp³-hybridized carbons (Fsp3) is 1.00. The first-order valence-electron chi connectivity index (χ1n) is 8.23. The molecule has 22 heavy (non-hydrogen) atoms. The Bertz CT molecular complexity index is 242. The molecule has 1 fully saturated rings. The summed E-state index contributed by atoms with van der Waals surface area (Å²) in [5.41, 5.74) is 12.3. The van der Waals surface area contributed by atoms with Crippen molar-refractivity contribution in [3.8, 4) is 0 Å². The average molecular weight is 316 g/mol. The average Bonchev–Trinajstić information content (AvgIpc) is 2.46. The molecule has 0 radical (unpaired) electrons. The first-order valence-corrected chi connectivity index (χ1v) is 8.23. The predicted molar refractivity (Wildman–Crippen MR) is 93.2 cm³/mol. The van der Waals surface area contributed by atoms with E-state index in [1.165, 1.54) is 0 Å². The van der Waals surface area contributed by atoms with E-state index in [-0.39, 0.29) is 11.1 Å². The number of nitrogens with one attached hydrogen (secondary N) is 6. The van der Waals surface area contributed by atoms with E-state index < -0.39 is 0 Å². The molecule has 1 aliphatic heterocycles. The summed E-state index contributed by atoms with van der Waals surface area (Å²) in [4.78, 5) is 0. The molecule has 8 heteroatoms. The summed E-state index contributed by atoms with van der Waals surface area (Å²) >= 11 is 0. The molecule has 0 saturated carbocycles. The highest BCUT2D eigenvalue weighted by Crippen LogP contribution is 1.97. The van der Waals surface area contributed by atoms with Crippen molar-refractivity contribution in [2.45, 2.75) is 11.1 Å². The zero-order chi connectivity index (χ0) is 16.3. The lowest BCUT2D eigenvalue weighted by molar-refractivity contribution is 0.334. The maximum Gasteiger partial charge on any atom is 0.0533 e. The molecule has 1 heterocycles. The Morgan fingerprint density at radius 2 is 0.955 bits per heavy atom. The lowest BCUT2D eigenvalue weighted by Crippen LogP contribution is -2.63. The maximum atomic E-state index is 6.45. The van der Waals surface area contributed by atoms with E-state index in [2.05, 4.69) is 31.9 Å². The number of likely N-dealkylation sites (N-methyl/N-ethyl adjacent to an activating group) is 2. The smallest absolute Gasteiger partial charge is 0.0533 e. The minimum Gasteiger partial charge on any atom is -0.322 e. The van der Waals surface area contributed by atoms with E-state index in [0.29, 0.717) is 0 Å². The molecule has 0 aromatic rings. The summed E-state index contributed by atoms with van der Waals surface area (Å²) in [5.74, 6) is 0. The third-order valence-electron chi connectivity index (χ3n) is 3.92. The van der Waals surface area contributed by atoms with Crippen LogP contribution in [0, 0.1) is 0 Å². The van der Waals surface area contributed by atoms with Crippen LogP contribution in [0.25, 0.3) is 0 Å². The summed E-state index contributed by atoms with van der Waals surface area (Å²) in [6, 6.07) is 0. The fourth-order valence-corrected chi connectivity index (χ4v) is 2.78. The van der Waals surface area contributed by atoms with Crippen LogP contribution in [0.3, 0.4) is 0 Å². The Balaban J connectivity index is 2.49. The van der Waals surface area contributed by atoms with Gasteiger partial charge >= 0.3 is 0 Å². The summed E-state index contributed by atoms with van der Waals surface area (Å²) in [7, 11) is 3.87. The topological polar surface area (TPSA) is 124 Å². The lowest BCUT2D eigenvalue weighted by atomic mass is 10.00. The van der Waals surface area contributed by atoms with Crippen LogP contribution in [0.1, 0.15) is 0 Å². The lowest BCUT2D eigenvalue weighted by Gasteiger charge is -2.32. The van der Waals surface area contributed by atoms with Crippen molar-refractivity contribution in [2.24, 2.45) is 11.5 Å². The van der Waals surface area contributed by atoms with E-state index in [9.17, 15) is 0 Å². The highest BCUT2D eigenvalue weighted by molar-refractivity contribution is 4.93. The van der Waals surface area contributed by atoms with Crippen LogP contribution >= 0.6 is 0 Å². The van der Waals surface area contributed by atoms with Gasteiger partial charge in [0.25, 0.3) is 0 Å². The molecule has 0 aliphatic carbocycles. The molecule has 1 rings (SSSR count). The van der Waals surface area contributed by atoms with Crippen molar-refractivity contribution < 1.29 is 0 Å². The van der Waals surface area contributed by atoms with Gasteiger partial charge in [-0.05, 0) is 14.1 Å². The van der Waals surface area contributed by atoms with Gasteiger partial charge in [-0.2, -0.15) is 0 Å². The molecule has 0 bridgehead atoms. The second-order valence-corrected chi connectivity index (χ2v) is 6.49. The van der Waals surface area contributed by atoms with Crippen LogP contribution < -0.4 is 43.4 Å². The molecule has 10 N–H and O–H groups in total. The van der Waals surface area contributed by atoms with Crippen molar-refractivity contribution >= 4 is 0 Å². The van der Waals surface area contributed by atoms with E-state index in [0.717, 1.165) is 65.4 Å². The molecular formula is C14H36N8. The van der Waals surface area contributed by atoms with Crippen molar-refractivity contribution in [3.63, 3.8) is 0 Å². The van der Waals surface area contributed by atoms with Crippen LogP contribution in [0.4, 0.5) is 0 Å². The van der Waals surface area contributed by atoms with Crippen LogP contribution in [-0.2, 0) is 0 Å². The van der Waals surface area contributed by atoms with Gasteiger partial charge in [-0.3, -0.25) is 0 Å². The molecule has 0 aromatic heterocycles. The van der Waals surface area contributed by atoms with E-state index in [1.54, 1.807) is 0 Å². The van der Waals surface area contributed by atoms with Crippen molar-refractivity contribution in [3.05, 3.63) is 0 Å². The Morgan fingerprint density at radius 3 is 1.18 bits per heavy atom. The van der Waals surface area contributed by atoms with Gasteiger partial charge in [0, 0.05) is 65.4 Å². The normalized spacial score (nSPS) is 33.3. The summed E-state index contributed by atoms with van der Waals surface area (Å²) < 4.78 is 0. The van der Waals surface area contributed by atoms with Gasteiger partial charge in [-0.25, -0.2) is 0 Å². The third-order valence-corrected chi connectivity index (χ3v) is 3.92. The molecular weight excluding hydrogens is 280 g/mol. The second-order valence-electron chi connectivity index (χ2n) is 6.49.